The first-order valence-electron chi connectivity index (χ1n) is 6.63. The molecule has 1 fully saturated rings. The minimum atomic E-state index is -0.469. The van der Waals surface area contributed by atoms with Crippen LogP contribution in [-0.2, 0) is 0 Å². The van der Waals surface area contributed by atoms with Crippen molar-refractivity contribution in [1.82, 2.24) is 4.90 Å². The summed E-state index contributed by atoms with van der Waals surface area (Å²) < 4.78 is 0. The molecule has 1 aliphatic heterocycles. The van der Waals surface area contributed by atoms with Gasteiger partial charge in [0.2, 0.25) is 0 Å². The van der Waals surface area contributed by atoms with Crippen molar-refractivity contribution >= 4 is 11.4 Å². The van der Waals surface area contributed by atoms with Gasteiger partial charge >= 0.3 is 0 Å². The number of likely N-dealkylation sites (N-methyl/N-ethyl adjacent to an activating group) is 1. The highest BCUT2D eigenvalue weighted by atomic mass is 16.6. The highest BCUT2D eigenvalue weighted by molar-refractivity contribution is 5.63. The number of rotatable bonds is 3. The molecule has 0 amide bonds. The van der Waals surface area contributed by atoms with Gasteiger partial charge in [0.15, 0.2) is 0 Å². The topological polar surface area (TPSA) is 73.4 Å². The molecule has 1 heterocycles. The van der Waals surface area contributed by atoms with Gasteiger partial charge in [-0.1, -0.05) is 0 Å². The Morgan fingerprint density at radius 1 is 1.50 bits per heavy atom. The van der Waals surface area contributed by atoms with Crippen LogP contribution in [0.4, 0.5) is 11.4 Å². The van der Waals surface area contributed by atoms with Crippen LogP contribution in [0.15, 0.2) is 18.2 Å². The molecule has 1 aromatic carbocycles. The van der Waals surface area contributed by atoms with Gasteiger partial charge in [-0.3, -0.25) is 10.1 Å². The molecule has 2 rings (SSSR count). The maximum Gasteiger partial charge on any atom is 0.270 e. The molecule has 0 aromatic heterocycles. The highest BCUT2D eigenvalue weighted by Gasteiger charge is 2.24. The zero-order chi connectivity index (χ0) is 14.7. The van der Waals surface area contributed by atoms with E-state index >= 15 is 0 Å². The van der Waals surface area contributed by atoms with Crippen LogP contribution in [0, 0.1) is 21.4 Å². The van der Waals surface area contributed by atoms with Crippen molar-refractivity contribution in [1.29, 1.82) is 5.26 Å². The van der Waals surface area contributed by atoms with Gasteiger partial charge in [-0.05, 0) is 33.0 Å². The van der Waals surface area contributed by atoms with Gasteiger partial charge in [0.1, 0.15) is 6.07 Å². The molecular weight excluding hydrogens is 256 g/mol. The van der Waals surface area contributed by atoms with Crippen molar-refractivity contribution in [3.8, 4) is 6.07 Å². The number of hydrogen-bond acceptors (Lipinski definition) is 5. The largest absolute Gasteiger partial charge is 0.369 e. The standard InChI is InChI=1S/C14H18N4O2/c1-16(2)13-4-3-7-17(10-13)14-6-5-12(18(19)20)8-11(14)9-15/h5-6,8,13H,3-4,7,10H2,1-2H3. The summed E-state index contributed by atoms with van der Waals surface area (Å²) >= 11 is 0. The Bertz CT molecular complexity index is 551. The Labute approximate surface area is 118 Å². The van der Waals surface area contributed by atoms with Crippen molar-refractivity contribution in [2.75, 3.05) is 32.1 Å². The fourth-order valence-electron chi connectivity index (χ4n) is 2.60. The first kappa shape index (κ1) is 14.3. The molecule has 1 saturated heterocycles. The summed E-state index contributed by atoms with van der Waals surface area (Å²) in [4.78, 5) is 14.6. The maximum atomic E-state index is 10.8. The SMILES string of the molecule is CN(C)C1CCCN(c2ccc([N+](=O)[O-])cc2C#N)C1. The molecule has 1 unspecified atom stereocenters. The average molecular weight is 274 g/mol. The molecular formula is C14H18N4O2. The van der Waals surface area contributed by atoms with E-state index in [4.69, 9.17) is 0 Å². The monoisotopic (exact) mass is 274 g/mol. The third kappa shape index (κ3) is 2.89. The average Bonchev–Trinajstić information content (AvgIpc) is 2.46. The van der Waals surface area contributed by atoms with Gasteiger partial charge in [-0.15, -0.1) is 0 Å². The minimum Gasteiger partial charge on any atom is -0.369 e. The zero-order valence-corrected chi connectivity index (χ0v) is 11.7. The Kier molecular flexibility index (Phi) is 4.20. The Morgan fingerprint density at radius 3 is 2.85 bits per heavy atom. The maximum absolute atomic E-state index is 10.8. The van der Waals surface area contributed by atoms with Crippen molar-refractivity contribution in [2.45, 2.75) is 18.9 Å². The Hall–Kier alpha value is -2.13. The van der Waals surface area contributed by atoms with Gasteiger partial charge in [-0.2, -0.15) is 5.26 Å². The van der Waals surface area contributed by atoms with Crippen LogP contribution in [0.25, 0.3) is 0 Å². The van der Waals surface area contributed by atoms with Gasteiger partial charge in [0.05, 0.1) is 16.2 Å². The van der Waals surface area contributed by atoms with Crippen LogP contribution in [0.2, 0.25) is 0 Å². The number of nitro benzene ring substituents is 1. The molecule has 106 valence electrons. The molecule has 1 atom stereocenters. The normalized spacial score (nSPS) is 18.9. The number of hydrogen-bond donors (Lipinski definition) is 0. The molecule has 20 heavy (non-hydrogen) atoms. The summed E-state index contributed by atoms with van der Waals surface area (Å²) in [6.07, 6.45) is 2.20. The van der Waals surface area contributed by atoms with Crippen LogP contribution in [0.5, 0.6) is 0 Å². The number of benzene rings is 1. The van der Waals surface area contributed by atoms with Crippen LogP contribution >= 0.6 is 0 Å². The minimum absolute atomic E-state index is 0.0357. The number of nitriles is 1. The lowest BCUT2D eigenvalue weighted by Crippen LogP contribution is -2.45. The summed E-state index contributed by atoms with van der Waals surface area (Å²) in [5, 5.41) is 20.0. The predicted octanol–water partition coefficient (Wildman–Crippen LogP) is 2.00. The summed E-state index contributed by atoms with van der Waals surface area (Å²) in [7, 11) is 4.10. The lowest BCUT2D eigenvalue weighted by atomic mass is 10.0. The number of non-ortho nitro benzene ring substituents is 1. The molecule has 1 aliphatic rings. The second-order valence-corrected chi connectivity index (χ2v) is 5.28. The van der Waals surface area contributed by atoms with E-state index in [9.17, 15) is 15.4 Å². The molecule has 0 spiro atoms. The highest BCUT2D eigenvalue weighted by Crippen LogP contribution is 2.28. The molecule has 0 radical (unpaired) electrons. The molecule has 0 saturated carbocycles. The number of nitrogens with zero attached hydrogens (tertiary/aromatic N) is 4. The summed E-state index contributed by atoms with van der Waals surface area (Å²) in [6, 6.07) is 7.03. The smallest absolute Gasteiger partial charge is 0.270 e. The van der Waals surface area contributed by atoms with Crippen molar-refractivity contribution < 1.29 is 4.92 Å². The Morgan fingerprint density at radius 2 is 2.25 bits per heavy atom. The molecule has 1 aromatic rings. The summed E-state index contributed by atoms with van der Waals surface area (Å²) in [5.41, 5.74) is 1.13. The predicted molar refractivity (Wildman–Crippen MR) is 76.7 cm³/mol. The number of piperidine rings is 1. The van der Waals surface area contributed by atoms with E-state index in [0.29, 0.717) is 11.6 Å². The first-order chi connectivity index (χ1) is 9.52. The van der Waals surface area contributed by atoms with Gasteiger partial charge in [-0.25, -0.2) is 0 Å². The van der Waals surface area contributed by atoms with E-state index in [0.717, 1.165) is 31.6 Å². The van der Waals surface area contributed by atoms with Crippen LogP contribution in [0.1, 0.15) is 18.4 Å². The van der Waals surface area contributed by atoms with Gasteiger partial charge in [0.25, 0.3) is 5.69 Å². The Balaban J connectivity index is 2.28. The van der Waals surface area contributed by atoms with Gasteiger partial charge in [0, 0.05) is 31.3 Å². The quantitative estimate of drug-likeness (QED) is 0.622. The zero-order valence-electron chi connectivity index (χ0n) is 11.7. The second kappa shape index (κ2) is 5.88. The fourth-order valence-corrected chi connectivity index (χ4v) is 2.60. The third-order valence-corrected chi connectivity index (χ3v) is 3.78. The third-order valence-electron chi connectivity index (χ3n) is 3.78. The van der Waals surface area contributed by atoms with E-state index < -0.39 is 4.92 Å². The fraction of sp³-hybridized carbons (Fsp3) is 0.500. The van der Waals surface area contributed by atoms with Gasteiger partial charge < -0.3 is 9.80 Å². The summed E-state index contributed by atoms with van der Waals surface area (Å²) in [6.45, 7) is 1.73. The molecule has 6 heteroatoms. The number of nitro groups is 1. The molecule has 0 bridgehead atoms. The van der Waals surface area contributed by atoms with E-state index in [1.54, 1.807) is 6.07 Å². The van der Waals surface area contributed by atoms with Crippen LogP contribution in [-0.4, -0.2) is 43.0 Å². The van der Waals surface area contributed by atoms with Crippen LogP contribution in [0.3, 0.4) is 0 Å². The van der Waals surface area contributed by atoms with Crippen LogP contribution < -0.4 is 4.90 Å². The lowest BCUT2D eigenvalue weighted by molar-refractivity contribution is -0.384. The van der Waals surface area contributed by atoms with E-state index in [-0.39, 0.29) is 5.69 Å². The van der Waals surface area contributed by atoms with E-state index in [1.807, 2.05) is 0 Å². The van der Waals surface area contributed by atoms with E-state index in [2.05, 4.69) is 30.0 Å². The first-order valence-corrected chi connectivity index (χ1v) is 6.63. The lowest BCUT2D eigenvalue weighted by Gasteiger charge is -2.37. The number of anilines is 1. The van der Waals surface area contributed by atoms with Crippen molar-refractivity contribution in [3.05, 3.63) is 33.9 Å². The van der Waals surface area contributed by atoms with Crippen molar-refractivity contribution in [2.24, 2.45) is 0 Å². The van der Waals surface area contributed by atoms with Crippen molar-refractivity contribution in [3.63, 3.8) is 0 Å². The second-order valence-electron chi connectivity index (χ2n) is 5.28. The van der Waals surface area contributed by atoms with E-state index in [1.165, 1.54) is 12.1 Å². The molecule has 6 nitrogen and oxygen atoms in total. The molecule has 0 aliphatic carbocycles. The summed E-state index contributed by atoms with van der Waals surface area (Å²) in [5.74, 6) is 0. The molecule has 0 N–H and O–H groups in total.